The molecule has 0 radical (unpaired) electrons. The van der Waals surface area contributed by atoms with Crippen molar-refractivity contribution >= 4 is 5.91 Å². The largest absolute Gasteiger partial charge is 0.338 e. The lowest BCUT2D eigenvalue weighted by molar-refractivity contribution is -0.130. The minimum atomic E-state index is 0.316. The molecule has 1 fully saturated rings. The van der Waals surface area contributed by atoms with E-state index in [9.17, 15) is 4.79 Å². The number of hydrogen-bond donors (Lipinski definition) is 0. The molecule has 2 heteroatoms. The van der Waals surface area contributed by atoms with Gasteiger partial charge in [-0.15, -0.1) is 0 Å². The van der Waals surface area contributed by atoms with Gasteiger partial charge in [-0.2, -0.15) is 0 Å². The van der Waals surface area contributed by atoms with Gasteiger partial charge in [0.05, 0.1) is 0 Å². The Bertz CT molecular complexity index is 249. The predicted molar refractivity (Wildman–Crippen MR) is 59.0 cm³/mol. The first-order chi connectivity index (χ1) is 6.50. The first-order valence-electron chi connectivity index (χ1n) is 5.43. The van der Waals surface area contributed by atoms with Crippen LogP contribution in [0.1, 0.15) is 40.5 Å². The lowest BCUT2D eigenvalue weighted by Gasteiger charge is -2.16. The van der Waals surface area contributed by atoms with E-state index < -0.39 is 0 Å². The minimum Gasteiger partial charge on any atom is -0.338 e. The second-order valence-corrected chi connectivity index (χ2v) is 4.77. The molecule has 1 aliphatic rings. The Kier molecular flexibility index (Phi) is 3.73. The second kappa shape index (κ2) is 4.63. The molecule has 0 aromatic carbocycles. The van der Waals surface area contributed by atoms with Crippen LogP contribution in [-0.4, -0.2) is 23.9 Å². The van der Waals surface area contributed by atoms with Crippen molar-refractivity contribution in [2.24, 2.45) is 5.92 Å². The number of hydrogen-bond acceptors (Lipinski definition) is 1. The summed E-state index contributed by atoms with van der Waals surface area (Å²) in [7, 11) is 0. The highest BCUT2D eigenvalue weighted by Crippen LogP contribution is 2.20. The third kappa shape index (κ3) is 2.86. The summed E-state index contributed by atoms with van der Waals surface area (Å²) < 4.78 is 0. The van der Waals surface area contributed by atoms with Crippen LogP contribution in [0.3, 0.4) is 0 Å². The molecule has 1 aliphatic heterocycles. The van der Waals surface area contributed by atoms with Crippen molar-refractivity contribution in [1.29, 1.82) is 0 Å². The molecule has 0 bridgehead atoms. The molecule has 0 aromatic rings. The second-order valence-electron chi connectivity index (χ2n) is 4.77. The van der Waals surface area contributed by atoms with E-state index in [-0.39, 0.29) is 0 Å². The zero-order valence-corrected chi connectivity index (χ0v) is 9.76. The van der Waals surface area contributed by atoms with Gasteiger partial charge in [-0.05, 0) is 26.2 Å². The molecule has 1 rings (SSSR count). The maximum absolute atomic E-state index is 11.7. The van der Waals surface area contributed by atoms with Crippen molar-refractivity contribution in [3.05, 3.63) is 11.1 Å². The maximum atomic E-state index is 11.7. The summed E-state index contributed by atoms with van der Waals surface area (Å²) in [5.41, 5.74) is 2.83. The molecule has 1 saturated heterocycles. The third-order valence-corrected chi connectivity index (χ3v) is 2.71. The highest BCUT2D eigenvalue weighted by atomic mass is 16.2. The van der Waals surface area contributed by atoms with Crippen molar-refractivity contribution in [3.8, 4) is 0 Å². The molecule has 0 aliphatic carbocycles. The quantitative estimate of drug-likeness (QED) is 0.620. The van der Waals surface area contributed by atoms with Gasteiger partial charge in [0.1, 0.15) is 0 Å². The summed E-state index contributed by atoms with van der Waals surface area (Å²) in [5, 5.41) is 0. The lowest BCUT2D eigenvalue weighted by atomic mass is 10.1. The smallest absolute Gasteiger partial charge is 0.223 e. The molecule has 0 aromatic heterocycles. The number of amides is 1. The predicted octanol–water partition coefficient (Wildman–Crippen LogP) is 2.60. The first kappa shape index (κ1) is 11.3. The van der Waals surface area contributed by atoms with Crippen LogP contribution in [-0.2, 0) is 4.79 Å². The number of likely N-dealkylation sites (tertiary alicyclic amines) is 1. The first-order valence-corrected chi connectivity index (χ1v) is 5.43. The van der Waals surface area contributed by atoms with E-state index >= 15 is 0 Å². The van der Waals surface area contributed by atoms with E-state index in [0.717, 1.165) is 19.5 Å². The zero-order valence-electron chi connectivity index (χ0n) is 9.76. The normalized spacial score (nSPS) is 16.6. The van der Waals surface area contributed by atoms with E-state index in [1.165, 1.54) is 11.1 Å². The van der Waals surface area contributed by atoms with Crippen LogP contribution in [0, 0.1) is 5.92 Å². The van der Waals surface area contributed by atoms with Crippen LogP contribution in [0.5, 0.6) is 0 Å². The lowest BCUT2D eigenvalue weighted by Crippen LogP contribution is -2.28. The Hall–Kier alpha value is -0.790. The number of carbonyl (C=O) groups is 1. The minimum absolute atomic E-state index is 0.316. The molecular formula is C12H21NO. The van der Waals surface area contributed by atoms with Crippen molar-refractivity contribution in [2.75, 3.05) is 13.1 Å². The van der Waals surface area contributed by atoms with Crippen LogP contribution in [0.2, 0.25) is 0 Å². The average Bonchev–Trinajstić information content (AvgIpc) is 2.50. The SMILES string of the molecule is CC(C)=C1CCN(C(=O)CC(C)C)C1. The summed E-state index contributed by atoms with van der Waals surface area (Å²) in [6.45, 7) is 10.2. The van der Waals surface area contributed by atoms with E-state index in [2.05, 4.69) is 27.7 Å². The van der Waals surface area contributed by atoms with Crippen LogP contribution >= 0.6 is 0 Å². The maximum Gasteiger partial charge on any atom is 0.223 e. The standard InChI is InChI=1S/C12H21NO/c1-9(2)7-12(14)13-6-5-11(8-13)10(3)4/h9H,5-8H2,1-4H3. The molecule has 0 spiro atoms. The molecular weight excluding hydrogens is 174 g/mol. The monoisotopic (exact) mass is 195 g/mol. The fourth-order valence-corrected chi connectivity index (χ4v) is 1.76. The van der Waals surface area contributed by atoms with Crippen LogP contribution < -0.4 is 0 Å². The topological polar surface area (TPSA) is 20.3 Å². The van der Waals surface area contributed by atoms with E-state index in [1.807, 2.05) is 4.90 Å². The number of allylic oxidation sites excluding steroid dienone is 1. The molecule has 0 saturated carbocycles. The summed E-state index contributed by atoms with van der Waals surface area (Å²) in [6.07, 6.45) is 1.77. The third-order valence-electron chi connectivity index (χ3n) is 2.71. The highest BCUT2D eigenvalue weighted by molar-refractivity contribution is 5.77. The molecule has 0 atom stereocenters. The van der Waals surface area contributed by atoms with Gasteiger partial charge in [0, 0.05) is 19.5 Å². The van der Waals surface area contributed by atoms with Crippen LogP contribution in [0.25, 0.3) is 0 Å². The Morgan fingerprint density at radius 3 is 2.50 bits per heavy atom. The summed E-state index contributed by atoms with van der Waals surface area (Å²) in [5.74, 6) is 0.787. The zero-order chi connectivity index (χ0) is 10.7. The van der Waals surface area contributed by atoms with E-state index in [1.54, 1.807) is 0 Å². The molecule has 0 unspecified atom stereocenters. The van der Waals surface area contributed by atoms with Gasteiger partial charge in [0.25, 0.3) is 0 Å². The number of carbonyl (C=O) groups excluding carboxylic acids is 1. The van der Waals surface area contributed by atoms with Gasteiger partial charge in [0.15, 0.2) is 0 Å². The van der Waals surface area contributed by atoms with Gasteiger partial charge in [-0.3, -0.25) is 4.79 Å². The molecule has 0 N–H and O–H groups in total. The van der Waals surface area contributed by atoms with Crippen molar-refractivity contribution < 1.29 is 4.79 Å². The fourth-order valence-electron chi connectivity index (χ4n) is 1.76. The molecule has 14 heavy (non-hydrogen) atoms. The van der Waals surface area contributed by atoms with Gasteiger partial charge in [-0.25, -0.2) is 0 Å². The van der Waals surface area contributed by atoms with Crippen molar-refractivity contribution in [2.45, 2.75) is 40.5 Å². The number of rotatable bonds is 2. The Morgan fingerprint density at radius 1 is 1.43 bits per heavy atom. The summed E-state index contributed by atoms with van der Waals surface area (Å²) >= 11 is 0. The van der Waals surface area contributed by atoms with E-state index in [4.69, 9.17) is 0 Å². The van der Waals surface area contributed by atoms with Crippen LogP contribution in [0.4, 0.5) is 0 Å². The molecule has 2 nitrogen and oxygen atoms in total. The molecule has 1 amide bonds. The van der Waals surface area contributed by atoms with Gasteiger partial charge < -0.3 is 4.90 Å². The molecule has 80 valence electrons. The Balaban J connectivity index is 2.50. The molecule has 1 heterocycles. The Morgan fingerprint density at radius 2 is 2.07 bits per heavy atom. The van der Waals surface area contributed by atoms with Crippen molar-refractivity contribution in [3.63, 3.8) is 0 Å². The van der Waals surface area contributed by atoms with Crippen molar-refractivity contribution in [1.82, 2.24) is 4.90 Å². The summed E-state index contributed by atoms with van der Waals surface area (Å²) in [6, 6.07) is 0. The summed E-state index contributed by atoms with van der Waals surface area (Å²) in [4.78, 5) is 13.7. The van der Waals surface area contributed by atoms with Gasteiger partial charge in [-0.1, -0.05) is 25.0 Å². The van der Waals surface area contributed by atoms with Gasteiger partial charge in [0.2, 0.25) is 5.91 Å². The average molecular weight is 195 g/mol. The van der Waals surface area contributed by atoms with E-state index in [0.29, 0.717) is 18.2 Å². The fraction of sp³-hybridized carbons (Fsp3) is 0.750. The number of nitrogens with zero attached hydrogens (tertiary/aromatic N) is 1. The highest BCUT2D eigenvalue weighted by Gasteiger charge is 2.22. The van der Waals surface area contributed by atoms with Crippen LogP contribution in [0.15, 0.2) is 11.1 Å². The Labute approximate surface area is 87.0 Å². The van der Waals surface area contributed by atoms with Gasteiger partial charge >= 0.3 is 0 Å².